The first kappa shape index (κ1) is 10.4. The summed E-state index contributed by atoms with van der Waals surface area (Å²) in [6.45, 7) is 4.94. The third-order valence-electron chi connectivity index (χ3n) is 2.46. The molecule has 0 saturated carbocycles. The molecular weight excluding hydrogens is 289 g/mol. The van der Waals surface area contributed by atoms with Crippen LogP contribution >= 0.6 is 22.6 Å². The number of morpholine rings is 1. The van der Waals surface area contributed by atoms with Crippen molar-refractivity contribution in [3.8, 4) is 0 Å². The highest BCUT2D eigenvalue weighted by Gasteiger charge is 2.11. The van der Waals surface area contributed by atoms with Crippen LogP contribution in [-0.4, -0.2) is 31.2 Å². The number of ether oxygens (including phenoxy) is 1. The molecule has 1 aliphatic rings. The topological polar surface area (TPSA) is 12.5 Å². The Balaban J connectivity index is 1.99. The molecule has 2 nitrogen and oxygen atoms in total. The third-order valence-corrected chi connectivity index (χ3v) is 3.51. The van der Waals surface area contributed by atoms with Crippen LogP contribution in [0.3, 0.4) is 0 Å². The summed E-state index contributed by atoms with van der Waals surface area (Å²) in [5.41, 5.74) is 1.43. The number of hydrogen-bond donors (Lipinski definition) is 0. The second-order valence-electron chi connectivity index (χ2n) is 3.48. The van der Waals surface area contributed by atoms with E-state index >= 15 is 0 Å². The summed E-state index contributed by atoms with van der Waals surface area (Å²) in [6, 6.07) is 8.57. The van der Waals surface area contributed by atoms with E-state index in [-0.39, 0.29) is 0 Å². The van der Waals surface area contributed by atoms with Crippen LogP contribution in [-0.2, 0) is 11.3 Å². The molecule has 14 heavy (non-hydrogen) atoms. The molecule has 3 heteroatoms. The van der Waals surface area contributed by atoms with Gasteiger partial charge in [0.1, 0.15) is 0 Å². The number of halogens is 1. The standard InChI is InChI=1S/C11H14INO/c12-11-4-2-1-3-10(11)9-13-5-7-14-8-6-13/h1-4H,5-9H2. The molecule has 0 atom stereocenters. The average molecular weight is 303 g/mol. The van der Waals surface area contributed by atoms with Crippen LogP contribution in [0.15, 0.2) is 24.3 Å². The lowest BCUT2D eigenvalue weighted by Crippen LogP contribution is -2.35. The Morgan fingerprint density at radius 2 is 1.93 bits per heavy atom. The van der Waals surface area contributed by atoms with Gasteiger partial charge in [-0.1, -0.05) is 18.2 Å². The van der Waals surface area contributed by atoms with Crippen LogP contribution in [0.1, 0.15) is 5.56 Å². The van der Waals surface area contributed by atoms with Gasteiger partial charge in [-0.2, -0.15) is 0 Å². The molecule has 0 radical (unpaired) electrons. The van der Waals surface area contributed by atoms with E-state index in [1.54, 1.807) is 0 Å². The lowest BCUT2D eigenvalue weighted by atomic mass is 10.2. The van der Waals surface area contributed by atoms with Gasteiger partial charge in [-0.15, -0.1) is 0 Å². The van der Waals surface area contributed by atoms with Gasteiger partial charge < -0.3 is 4.74 Å². The number of rotatable bonds is 2. The fraction of sp³-hybridized carbons (Fsp3) is 0.455. The van der Waals surface area contributed by atoms with Gasteiger partial charge in [-0.05, 0) is 34.2 Å². The van der Waals surface area contributed by atoms with Crippen LogP contribution in [0.25, 0.3) is 0 Å². The minimum Gasteiger partial charge on any atom is -0.379 e. The molecule has 1 aromatic rings. The summed E-state index contributed by atoms with van der Waals surface area (Å²) in [5, 5.41) is 0. The predicted octanol–water partition coefficient (Wildman–Crippen LogP) is 2.12. The van der Waals surface area contributed by atoms with E-state index in [2.05, 4.69) is 51.8 Å². The second-order valence-corrected chi connectivity index (χ2v) is 4.64. The first-order valence-corrected chi connectivity index (χ1v) is 5.97. The minimum absolute atomic E-state index is 0.878. The molecule has 1 aliphatic heterocycles. The average Bonchev–Trinajstić information content (AvgIpc) is 2.23. The van der Waals surface area contributed by atoms with Gasteiger partial charge in [-0.3, -0.25) is 4.90 Å². The zero-order valence-electron chi connectivity index (χ0n) is 8.08. The van der Waals surface area contributed by atoms with Crippen molar-refractivity contribution in [2.24, 2.45) is 0 Å². The molecule has 0 aromatic heterocycles. The van der Waals surface area contributed by atoms with Crippen LogP contribution in [0, 0.1) is 3.57 Å². The van der Waals surface area contributed by atoms with E-state index < -0.39 is 0 Å². The van der Waals surface area contributed by atoms with Crippen LogP contribution in [0.4, 0.5) is 0 Å². The zero-order chi connectivity index (χ0) is 9.80. The molecule has 1 heterocycles. The highest BCUT2D eigenvalue weighted by Crippen LogP contribution is 2.14. The Hall–Kier alpha value is -0.130. The van der Waals surface area contributed by atoms with Crippen molar-refractivity contribution in [2.75, 3.05) is 26.3 Å². The van der Waals surface area contributed by atoms with Crippen molar-refractivity contribution in [3.63, 3.8) is 0 Å². The molecule has 0 N–H and O–H groups in total. The monoisotopic (exact) mass is 303 g/mol. The smallest absolute Gasteiger partial charge is 0.0594 e. The van der Waals surface area contributed by atoms with Crippen LogP contribution in [0.2, 0.25) is 0 Å². The van der Waals surface area contributed by atoms with Crippen molar-refractivity contribution in [3.05, 3.63) is 33.4 Å². The van der Waals surface area contributed by atoms with Crippen molar-refractivity contribution in [2.45, 2.75) is 6.54 Å². The van der Waals surface area contributed by atoms with E-state index in [1.807, 2.05) is 0 Å². The maximum Gasteiger partial charge on any atom is 0.0594 e. The largest absolute Gasteiger partial charge is 0.379 e. The summed E-state index contributed by atoms with van der Waals surface area (Å²) in [5.74, 6) is 0. The molecular formula is C11H14INO. The van der Waals surface area contributed by atoms with Gasteiger partial charge in [-0.25, -0.2) is 0 Å². The highest BCUT2D eigenvalue weighted by molar-refractivity contribution is 14.1. The van der Waals surface area contributed by atoms with Crippen LogP contribution < -0.4 is 0 Å². The summed E-state index contributed by atoms with van der Waals surface area (Å²) in [7, 11) is 0. The Morgan fingerprint density at radius 1 is 1.21 bits per heavy atom. The van der Waals surface area contributed by atoms with Gasteiger partial charge in [0.25, 0.3) is 0 Å². The molecule has 1 saturated heterocycles. The maximum atomic E-state index is 5.32. The molecule has 1 fully saturated rings. The molecule has 1 aromatic carbocycles. The third kappa shape index (κ3) is 2.68. The molecule has 0 unspecified atom stereocenters. The van der Waals surface area contributed by atoms with Gasteiger partial charge in [0.15, 0.2) is 0 Å². The lowest BCUT2D eigenvalue weighted by molar-refractivity contribution is 0.0341. The zero-order valence-corrected chi connectivity index (χ0v) is 10.2. The van der Waals surface area contributed by atoms with Gasteiger partial charge in [0.05, 0.1) is 13.2 Å². The predicted molar refractivity (Wildman–Crippen MR) is 65.3 cm³/mol. The second kappa shape index (κ2) is 5.09. The van der Waals surface area contributed by atoms with Crippen molar-refractivity contribution < 1.29 is 4.74 Å². The SMILES string of the molecule is Ic1ccccc1CN1CCOCC1. The summed E-state index contributed by atoms with van der Waals surface area (Å²) in [6.07, 6.45) is 0. The highest BCUT2D eigenvalue weighted by atomic mass is 127. The maximum absolute atomic E-state index is 5.32. The van der Waals surface area contributed by atoms with Crippen molar-refractivity contribution in [1.29, 1.82) is 0 Å². The molecule has 0 amide bonds. The number of benzene rings is 1. The van der Waals surface area contributed by atoms with E-state index in [9.17, 15) is 0 Å². The van der Waals surface area contributed by atoms with Crippen LogP contribution in [0.5, 0.6) is 0 Å². The molecule has 0 spiro atoms. The van der Waals surface area contributed by atoms with Gasteiger partial charge >= 0.3 is 0 Å². The Morgan fingerprint density at radius 3 is 2.64 bits per heavy atom. The van der Waals surface area contributed by atoms with E-state index in [0.29, 0.717) is 0 Å². The first-order valence-electron chi connectivity index (χ1n) is 4.90. The summed E-state index contributed by atoms with van der Waals surface area (Å²) < 4.78 is 6.68. The molecule has 0 aliphatic carbocycles. The summed E-state index contributed by atoms with van der Waals surface area (Å²) in [4.78, 5) is 2.45. The normalized spacial score (nSPS) is 18.4. The lowest BCUT2D eigenvalue weighted by Gasteiger charge is -2.26. The van der Waals surface area contributed by atoms with E-state index in [0.717, 1.165) is 32.8 Å². The Bertz CT molecular complexity index is 297. The Labute approximate surface area is 98.4 Å². The van der Waals surface area contributed by atoms with Gasteiger partial charge in [0.2, 0.25) is 0 Å². The fourth-order valence-corrected chi connectivity index (χ4v) is 2.18. The van der Waals surface area contributed by atoms with Crippen molar-refractivity contribution >= 4 is 22.6 Å². The Kier molecular flexibility index (Phi) is 3.78. The first-order chi connectivity index (χ1) is 6.86. The molecule has 2 rings (SSSR count). The van der Waals surface area contributed by atoms with Gasteiger partial charge in [0, 0.05) is 23.2 Å². The number of nitrogens with zero attached hydrogens (tertiary/aromatic N) is 1. The summed E-state index contributed by atoms with van der Waals surface area (Å²) >= 11 is 2.40. The van der Waals surface area contributed by atoms with E-state index in [4.69, 9.17) is 4.74 Å². The molecule has 0 bridgehead atoms. The van der Waals surface area contributed by atoms with Crippen molar-refractivity contribution in [1.82, 2.24) is 4.90 Å². The molecule has 76 valence electrons. The fourth-order valence-electron chi connectivity index (χ4n) is 1.63. The number of hydrogen-bond acceptors (Lipinski definition) is 2. The van der Waals surface area contributed by atoms with E-state index in [1.165, 1.54) is 9.13 Å². The quantitative estimate of drug-likeness (QED) is 0.776. The minimum atomic E-state index is 0.878.